The van der Waals surface area contributed by atoms with Crippen LogP contribution in [0.25, 0.3) is 11.3 Å². The molecule has 0 radical (unpaired) electrons. The molecular weight excluding hydrogens is 376 g/mol. The minimum absolute atomic E-state index is 0.145. The smallest absolute Gasteiger partial charge is 0.151 e. The fraction of sp³-hybridized carbons (Fsp3) is 0.190. The lowest BCUT2D eigenvalue weighted by Gasteiger charge is -2.39. The highest BCUT2D eigenvalue weighted by molar-refractivity contribution is 7.86. The molecule has 0 saturated heterocycles. The van der Waals surface area contributed by atoms with E-state index in [0.717, 1.165) is 16.8 Å². The molecule has 1 atom stereocenters. The van der Waals surface area contributed by atoms with Crippen molar-refractivity contribution in [3.63, 3.8) is 0 Å². The molecule has 1 unspecified atom stereocenters. The van der Waals surface area contributed by atoms with Crippen molar-refractivity contribution in [2.24, 2.45) is 0 Å². The molecule has 0 aliphatic carbocycles. The molecule has 0 saturated carbocycles. The minimum Gasteiger partial charge on any atom is -0.746 e. The maximum absolute atomic E-state index is 12.0. The van der Waals surface area contributed by atoms with Crippen molar-refractivity contribution in [2.75, 3.05) is 4.90 Å². The Morgan fingerprint density at radius 2 is 1.82 bits per heavy atom. The van der Waals surface area contributed by atoms with Gasteiger partial charge in [0.2, 0.25) is 0 Å². The van der Waals surface area contributed by atoms with E-state index >= 15 is 0 Å². The van der Waals surface area contributed by atoms with Gasteiger partial charge < -0.3 is 14.2 Å². The third-order valence-electron chi connectivity index (χ3n) is 4.82. The molecule has 7 heteroatoms. The fourth-order valence-electron chi connectivity index (χ4n) is 3.54. The normalized spacial score (nSPS) is 14.0. The Kier molecular flexibility index (Phi) is 4.56. The Morgan fingerprint density at radius 1 is 1.07 bits per heavy atom. The third kappa shape index (κ3) is 3.12. The van der Waals surface area contributed by atoms with Crippen LogP contribution >= 0.6 is 0 Å². The van der Waals surface area contributed by atoms with Crippen LogP contribution in [0.1, 0.15) is 18.9 Å². The highest BCUT2D eigenvalue weighted by Crippen LogP contribution is 2.49. The van der Waals surface area contributed by atoms with Crippen molar-refractivity contribution >= 4 is 21.5 Å². The maximum atomic E-state index is 12.0. The standard InChI is InChI=1S/C21H20N2O4S/c1-3-20(28(24,25)26)23-16-8-4-5-9-18(16)27-19-11-10-15(13-17(19)23)21-14(2)7-6-12-22-21/h4-13,20H,3H2,1-2H3,(H,24,25,26)/p-1. The number of hydrogen-bond donors (Lipinski definition) is 0. The van der Waals surface area contributed by atoms with Gasteiger partial charge in [-0.25, -0.2) is 8.42 Å². The third-order valence-corrected chi connectivity index (χ3v) is 6.03. The predicted octanol–water partition coefficient (Wildman–Crippen LogP) is 4.58. The summed E-state index contributed by atoms with van der Waals surface area (Å²) in [7, 11) is -4.58. The first-order chi connectivity index (χ1) is 13.4. The van der Waals surface area contributed by atoms with Crippen molar-refractivity contribution in [3.05, 3.63) is 66.4 Å². The molecule has 1 aromatic heterocycles. The minimum atomic E-state index is -4.58. The number of fused-ring (bicyclic) bond motifs is 2. The molecule has 2 aromatic carbocycles. The largest absolute Gasteiger partial charge is 0.746 e. The summed E-state index contributed by atoms with van der Waals surface area (Å²) >= 11 is 0. The first-order valence-corrected chi connectivity index (χ1v) is 10.4. The second kappa shape index (κ2) is 6.92. The molecule has 28 heavy (non-hydrogen) atoms. The number of aromatic nitrogens is 1. The van der Waals surface area contributed by atoms with Crippen LogP contribution in [0.3, 0.4) is 0 Å². The molecule has 0 spiro atoms. The Balaban J connectivity index is 1.94. The summed E-state index contributed by atoms with van der Waals surface area (Å²) < 4.78 is 42.1. The quantitative estimate of drug-likeness (QED) is 0.601. The van der Waals surface area contributed by atoms with Gasteiger partial charge in [0.1, 0.15) is 15.5 Å². The van der Waals surface area contributed by atoms with E-state index < -0.39 is 15.5 Å². The maximum Gasteiger partial charge on any atom is 0.151 e. The predicted molar refractivity (Wildman–Crippen MR) is 107 cm³/mol. The van der Waals surface area contributed by atoms with E-state index in [0.29, 0.717) is 22.9 Å². The molecule has 144 valence electrons. The van der Waals surface area contributed by atoms with Crippen molar-refractivity contribution in [1.82, 2.24) is 4.98 Å². The molecule has 0 fully saturated rings. The van der Waals surface area contributed by atoms with Gasteiger partial charge in [0.05, 0.1) is 17.1 Å². The van der Waals surface area contributed by atoms with E-state index in [1.54, 1.807) is 48.4 Å². The zero-order valence-electron chi connectivity index (χ0n) is 15.5. The molecular formula is C21H19N2O4S-. The second-order valence-electron chi connectivity index (χ2n) is 6.65. The van der Waals surface area contributed by atoms with Gasteiger partial charge in [0.15, 0.2) is 11.5 Å². The Labute approximate surface area is 164 Å². The number of rotatable bonds is 4. The van der Waals surface area contributed by atoms with Crippen LogP contribution in [0, 0.1) is 6.92 Å². The van der Waals surface area contributed by atoms with Gasteiger partial charge in [-0.15, -0.1) is 0 Å². The van der Waals surface area contributed by atoms with Gasteiger partial charge in [0, 0.05) is 11.8 Å². The molecule has 6 nitrogen and oxygen atoms in total. The van der Waals surface area contributed by atoms with E-state index in [9.17, 15) is 13.0 Å². The SMILES string of the molecule is CCC(N1c2ccccc2Oc2ccc(-c3ncccc3C)cc21)S(=O)(=O)[O-]. The number of ether oxygens (including phenoxy) is 1. The van der Waals surface area contributed by atoms with Gasteiger partial charge in [-0.2, -0.15) is 0 Å². The zero-order valence-corrected chi connectivity index (χ0v) is 16.3. The number of nitrogens with zero attached hydrogens (tertiary/aromatic N) is 2. The van der Waals surface area contributed by atoms with Crippen molar-refractivity contribution < 1.29 is 17.7 Å². The Bertz CT molecular complexity index is 1140. The highest BCUT2D eigenvalue weighted by Gasteiger charge is 2.33. The van der Waals surface area contributed by atoms with Gasteiger partial charge in [-0.3, -0.25) is 4.98 Å². The lowest BCUT2D eigenvalue weighted by atomic mass is 10.0. The van der Waals surface area contributed by atoms with Crippen LogP contribution < -0.4 is 9.64 Å². The van der Waals surface area contributed by atoms with Gasteiger partial charge in [-0.05, 0) is 55.3 Å². The lowest BCUT2D eigenvalue weighted by molar-refractivity contribution is 0.438. The first-order valence-electron chi connectivity index (χ1n) is 8.97. The molecule has 0 amide bonds. The number of para-hydroxylation sites is 2. The average molecular weight is 395 g/mol. The molecule has 2 heterocycles. The molecule has 1 aliphatic rings. The summed E-state index contributed by atoms with van der Waals surface area (Å²) in [6, 6.07) is 16.4. The highest BCUT2D eigenvalue weighted by atomic mass is 32.2. The fourth-order valence-corrected chi connectivity index (χ4v) is 4.44. The number of aryl methyl sites for hydroxylation is 1. The number of pyridine rings is 1. The summed E-state index contributed by atoms with van der Waals surface area (Å²) in [5.74, 6) is 1.01. The van der Waals surface area contributed by atoms with Crippen LogP contribution in [0.4, 0.5) is 11.4 Å². The van der Waals surface area contributed by atoms with E-state index in [2.05, 4.69) is 4.98 Å². The van der Waals surface area contributed by atoms with E-state index in [1.165, 1.54) is 0 Å². The molecule has 1 aliphatic heterocycles. The lowest BCUT2D eigenvalue weighted by Crippen LogP contribution is -2.38. The monoisotopic (exact) mass is 395 g/mol. The second-order valence-corrected chi connectivity index (χ2v) is 8.18. The van der Waals surface area contributed by atoms with Crippen molar-refractivity contribution in [3.8, 4) is 22.8 Å². The van der Waals surface area contributed by atoms with Crippen LogP contribution in [0.15, 0.2) is 60.8 Å². The summed E-state index contributed by atoms with van der Waals surface area (Å²) in [4.78, 5) is 6.01. The number of hydrogen-bond acceptors (Lipinski definition) is 6. The van der Waals surface area contributed by atoms with E-state index in [-0.39, 0.29) is 6.42 Å². The summed E-state index contributed by atoms with van der Waals surface area (Å²) in [6.45, 7) is 3.65. The van der Waals surface area contributed by atoms with Gasteiger partial charge in [0.25, 0.3) is 0 Å². The molecule has 0 N–H and O–H groups in total. The van der Waals surface area contributed by atoms with Gasteiger partial charge in [-0.1, -0.05) is 25.1 Å². The average Bonchev–Trinajstić information content (AvgIpc) is 2.67. The van der Waals surface area contributed by atoms with Crippen LogP contribution in [-0.4, -0.2) is 23.3 Å². The van der Waals surface area contributed by atoms with E-state index in [4.69, 9.17) is 4.74 Å². The van der Waals surface area contributed by atoms with Crippen molar-refractivity contribution in [1.29, 1.82) is 0 Å². The Morgan fingerprint density at radius 3 is 2.54 bits per heavy atom. The molecule has 4 rings (SSSR count). The topological polar surface area (TPSA) is 82.6 Å². The summed E-state index contributed by atoms with van der Waals surface area (Å²) in [5, 5.41) is -1.24. The van der Waals surface area contributed by atoms with Crippen molar-refractivity contribution in [2.45, 2.75) is 25.6 Å². The first kappa shape index (κ1) is 18.5. The number of anilines is 2. The van der Waals surface area contributed by atoms with Crippen LogP contribution in [0.5, 0.6) is 11.5 Å². The summed E-state index contributed by atoms with van der Waals surface area (Å²) in [6.07, 6.45) is 1.86. The van der Waals surface area contributed by atoms with Crippen LogP contribution in [-0.2, 0) is 10.1 Å². The molecule has 3 aromatic rings. The summed E-state index contributed by atoms with van der Waals surface area (Å²) in [5.41, 5.74) is 3.70. The van der Waals surface area contributed by atoms with E-state index in [1.807, 2.05) is 31.2 Å². The number of benzene rings is 2. The van der Waals surface area contributed by atoms with Crippen LogP contribution in [0.2, 0.25) is 0 Å². The Hall–Kier alpha value is -2.90. The van der Waals surface area contributed by atoms with Gasteiger partial charge >= 0.3 is 0 Å². The zero-order chi connectivity index (χ0) is 19.9. The molecule has 0 bridgehead atoms.